The fourth-order valence-electron chi connectivity index (χ4n) is 4.28. The van der Waals surface area contributed by atoms with Crippen LogP contribution < -0.4 is 4.74 Å². The van der Waals surface area contributed by atoms with Crippen LogP contribution in [0.2, 0.25) is 0 Å². The van der Waals surface area contributed by atoms with E-state index in [4.69, 9.17) is 4.74 Å². The molecule has 0 unspecified atom stereocenters. The molecule has 0 N–H and O–H groups in total. The van der Waals surface area contributed by atoms with Gasteiger partial charge in [-0.25, -0.2) is 8.42 Å². The zero-order valence-electron chi connectivity index (χ0n) is 19.5. The lowest BCUT2D eigenvalue weighted by atomic mass is 10.2. The quantitative estimate of drug-likeness (QED) is 0.577. The van der Waals surface area contributed by atoms with Crippen LogP contribution in [0.1, 0.15) is 24.8 Å². The largest absolute Gasteiger partial charge is 0.484 e. The van der Waals surface area contributed by atoms with Crippen LogP contribution in [0, 0.1) is 0 Å². The molecule has 0 bridgehead atoms. The maximum atomic E-state index is 12.8. The molecule has 0 aromatic heterocycles. The van der Waals surface area contributed by atoms with Crippen LogP contribution in [-0.4, -0.2) is 80.9 Å². The molecule has 4 rings (SSSR count). The second kappa shape index (κ2) is 11.6. The normalized spacial score (nSPS) is 18.3. The Morgan fingerprint density at radius 2 is 1.53 bits per heavy atom. The molecule has 0 spiro atoms. The molecule has 8 heteroatoms. The van der Waals surface area contributed by atoms with Gasteiger partial charge in [-0.15, -0.1) is 0 Å². The summed E-state index contributed by atoms with van der Waals surface area (Å²) in [6.45, 7) is 4.97. The van der Waals surface area contributed by atoms with Gasteiger partial charge in [-0.1, -0.05) is 48.9 Å². The molecule has 2 heterocycles. The van der Waals surface area contributed by atoms with Gasteiger partial charge in [-0.05, 0) is 42.7 Å². The van der Waals surface area contributed by atoms with Gasteiger partial charge in [0, 0.05) is 45.8 Å². The van der Waals surface area contributed by atoms with Crippen LogP contribution >= 0.6 is 0 Å². The summed E-state index contributed by atoms with van der Waals surface area (Å²) in [5.41, 5.74) is 1.19. The average molecular weight is 484 g/mol. The summed E-state index contributed by atoms with van der Waals surface area (Å²) < 4.78 is 32.7. The Bertz CT molecular complexity index is 1060. The minimum Gasteiger partial charge on any atom is -0.484 e. The van der Waals surface area contributed by atoms with Gasteiger partial charge in [0.05, 0.1) is 4.90 Å². The summed E-state index contributed by atoms with van der Waals surface area (Å²) in [6.07, 6.45) is 7.16. The maximum absolute atomic E-state index is 12.8. The van der Waals surface area contributed by atoms with Crippen molar-refractivity contribution >= 4 is 22.0 Å². The Balaban J connectivity index is 1.20. The Labute approximate surface area is 202 Å². The summed E-state index contributed by atoms with van der Waals surface area (Å²) in [6, 6.07) is 16.6. The first-order chi connectivity index (χ1) is 16.5. The molecule has 0 aliphatic carbocycles. The highest BCUT2D eigenvalue weighted by atomic mass is 32.2. The van der Waals surface area contributed by atoms with E-state index in [9.17, 15) is 13.2 Å². The molecule has 2 fully saturated rings. The number of nitrogens with zero attached hydrogens (tertiary/aromatic N) is 3. The molecule has 7 nitrogen and oxygen atoms in total. The summed E-state index contributed by atoms with van der Waals surface area (Å²) in [7, 11) is -3.46. The van der Waals surface area contributed by atoms with Crippen molar-refractivity contribution in [2.24, 2.45) is 0 Å². The summed E-state index contributed by atoms with van der Waals surface area (Å²) in [5, 5.41) is 0. The molecule has 1 amide bonds. The number of hydrogen-bond acceptors (Lipinski definition) is 5. The van der Waals surface area contributed by atoms with E-state index in [2.05, 4.69) is 29.2 Å². The molecule has 2 saturated heterocycles. The minimum atomic E-state index is -3.46. The predicted octanol–water partition coefficient (Wildman–Crippen LogP) is 3.10. The van der Waals surface area contributed by atoms with Crippen LogP contribution in [0.25, 0.3) is 6.08 Å². The third-order valence-electron chi connectivity index (χ3n) is 6.34. The number of rotatable bonds is 8. The van der Waals surface area contributed by atoms with Gasteiger partial charge in [0.1, 0.15) is 5.75 Å². The lowest BCUT2D eigenvalue weighted by molar-refractivity contribution is -0.135. The van der Waals surface area contributed by atoms with Crippen molar-refractivity contribution < 1.29 is 17.9 Å². The van der Waals surface area contributed by atoms with E-state index in [0.29, 0.717) is 31.9 Å². The fraction of sp³-hybridized carbons (Fsp3) is 0.423. The zero-order valence-corrected chi connectivity index (χ0v) is 20.3. The second-order valence-corrected chi connectivity index (χ2v) is 10.7. The second-order valence-electron chi connectivity index (χ2n) is 8.72. The maximum Gasteiger partial charge on any atom is 0.260 e. The standard InChI is InChI=1S/C26H33N3O4S/c30-26(28-20-18-27(19-21-28)15-7-10-23-8-3-1-4-9-23)22-33-24-11-13-25(14-12-24)34(31,32)29-16-5-2-6-17-29/h1,3-4,7-14H,2,5-6,15-22H2/b10-7+. The van der Waals surface area contributed by atoms with Crippen molar-refractivity contribution in [3.05, 3.63) is 66.2 Å². The average Bonchev–Trinajstić information content (AvgIpc) is 2.89. The van der Waals surface area contributed by atoms with Gasteiger partial charge < -0.3 is 9.64 Å². The van der Waals surface area contributed by atoms with E-state index < -0.39 is 10.0 Å². The summed E-state index contributed by atoms with van der Waals surface area (Å²) in [5.74, 6) is 0.445. The van der Waals surface area contributed by atoms with Crippen molar-refractivity contribution in [3.63, 3.8) is 0 Å². The van der Waals surface area contributed by atoms with E-state index >= 15 is 0 Å². The van der Waals surface area contributed by atoms with Gasteiger partial charge in [-0.3, -0.25) is 9.69 Å². The number of sulfonamides is 1. The molecule has 0 saturated carbocycles. The van der Waals surface area contributed by atoms with Gasteiger partial charge >= 0.3 is 0 Å². The number of amides is 1. The van der Waals surface area contributed by atoms with Crippen molar-refractivity contribution in [3.8, 4) is 5.75 Å². The Morgan fingerprint density at radius 1 is 0.853 bits per heavy atom. The molecule has 182 valence electrons. The molecule has 0 atom stereocenters. The van der Waals surface area contributed by atoms with Gasteiger partial charge in [0.2, 0.25) is 10.0 Å². The first-order valence-electron chi connectivity index (χ1n) is 12.0. The van der Waals surface area contributed by atoms with E-state index in [0.717, 1.165) is 38.9 Å². The van der Waals surface area contributed by atoms with Crippen molar-refractivity contribution in [1.82, 2.24) is 14.1 Å². The van der Waals surface area contributed by atoms with E-state index in [1.54, 1.807) is 28.6 Å². The lowest BCUT2D eigenvalue weighted by Gasteiger charge is -2.34. The fourth-order valence-corrected chi connectivity index (χ4v) is 5.80. The van der Waals surface area contributed by atoms with Gasteiger partial charge in [0.15, 0.2) is 6.61 Å². The number of piperazine rings is 1. The number of carbonyl (C=O) groups is 1. The van der Waals surface area contributed by atoms with E-state index in [1.165, 1.54) is 5.56 Å². The smallest absolute Gasteiger partial charge is 0.260 e. The van der Waals surface area contributed by atoms with E-state index in [1.807, 2.05) is 23.1 Å². The number of ether oxygens (including phenoxy) is 1. The Kier molecular flexibility index (Phi) is 8.37. The lowest BCUT2D eigenvalue weighted by Crippen LogP contribution is -2.49. The first-order valence-corrected chi connectivity index (χ1v) is 13.4. The molecule has 2 aromatic rings. The monoisotopic (exact) mass is 483 g/mol. The van der Waals surface area contributed by atoms with Gasteiger partial charge in [-0.2, -0.15) is 4.31 Å². The number of benzene rings is 2. The van der Waals surface area contributed by atoms with E-state index in [-0.39, 0.29) is 17.4 Å². The zero-order chi connectivity index (χ0) is 23.8. The van der Waals surface area contributed by atoms with Crippen LogP contribution in [0.3, 0.4) is 0 Å². The molecule has 2 aromatic carbocycles. The molecule has 34 heavy (non-hydrogen) atoms. The number of hydrogen-bond donors (Lipinski definition) is 0. The number of carbonyl (C=O) groups excluding carboxylic acids is 1. The Morgan fingerprint density at radius 3 is 2.21 bits per heavy atom. The summed E-state index contributed by atoms with van der Waals surface area (Å²) >= 11 is 0. The predicted molar refractivity (Wildman–Crippen MR) is 133 cm³/mol. The summed E-state index contributed by atoms with van der Waals surface area (Å²) in [4.78, 5) is 17.0. The molecule has 0 radical (unpaired) electrons. The van der Waals surface area contributed by atoms with Gasteiger partial charge in [0.25, 0.3) is 5.91 Å². The van der Waals surface area contributed by atoms with Crippen LogP contribution in [0.5, 0.6) is 5.75 Å². The van der Waals surface area contributed by atoms with Crippen molar-refractivity contribution in [1.29, 1.82) is 0 Å². The highest BCUT2D eigenvalue weighted by Gasteiger charge is 2.26. The molecule has 2 aliphatic heterocycles. The minimum absolute atomic E-state index is 0.0495. The van der Waals surface area contributed by atoms with Crippen LogP contribution in [0.15, 0.2) is 65.6 Å². The molecule has 2 aliphatic rings. The Hall–Kier alpha value is -2.68. The molecular weight excluding hydrogens is 450 g/mol. The van der Waals surface area contributed by atoms with Crippen molar-refractivity contribution in [2.75, 3.05) is 52.4 Å². The third-order valence-corrected chi connectivity index (χ3v) is 8.25. The van der Waals surface area contributed by atoms with Crippen LogP contribution in [-0.2, 0) is 14.8 Å². The highest BCUT2D eigenvalue weighted by Crippen LogP contribution is 2.22. The first kappa shape index (κ1) is 24.4. The van der Waals surface area contributed by atoms with Crippen molar-refractivity contribution in [2.45, 2.75) is 24.2 Å². The van der Waals surface area contributed by atoms with Crippen LogP contribution in [0.4, 0.5) is 0 Å². The number of piperidine rings is 1. The third kappa shape index (κ3) is 6.46. The highest BCUT2D eigenvalue weighted by molar-refractivity contribution is 7.89. The molecular formula is C26H33N3O4S. The topological polar surface area (TPSA) is 70.2 Å². The SMILES string of the molecule is O=C(COc1ccc(S(=O)(=O)N2CCCCC2)cc1)N1CCN(C/C=C/c2ccccc2)CC1.